The summed E-state index contributed by atoms with van der Waals surface area (Å²) in [4.78, 5) is 29.8. The van der Waals surface area contributed by atoms with Crippen LogP contribution in [0.5, 0.6) is 0 Å². The van der Waals surface area contributed by atoms with Crippen LogP contribution in [0.1, 0.15) is 64.2 Å². The molecule has 2 heterocycles. The van der Waals surface area contributed by atoms with Crippen LogP contribution in [-0.4, -0.2) is 42.9 Å². The summed E-state index contributed by atoms with van der Waals surface area (Å²) in [5.41, 5.74) is 2.12. The van der Waals surface area contributed by atoms with Crippen molar-refractivity contribution in [1.82, 2.24) is 4.90 Å². The van der Waals surface area contributed by atoms with Crippen molar-refractivity contribution in [2.24, 2.45) is 11.8 Å². The van der Waals surface area contributed by atoms with Gasteiger partial charge in [-0.15, -0.1) is 0 Å². The molecule has 29 heavy (non-hydrogen) atoms. The van der Waals surface area contributed by atoms with E-state index in [1.165, 1.54) is 44.2 Å². The van der Waals surface area contributed by atoms with E-state index < -0.39 is 0 Å². The highest BCUT2D eigenvalue weighted by Gasteiger charge is 2.31. The first-order valence-corrected chi connectivity index (χ1v) is 11.7. The molecule has 1 aromatic rings. The molecular weight excluding hydrogens is 362 g/mol. The van der Waals surface area contributed by atoms with Crippen molar-refractivity contribution in [2.75, 3.05) is 36.4 Å². The highest BCUT2D eigenvalue weighted by atomic mass is 16.2. The Balaban J connectivity index is 1.24. The molecule has 3 fully saturated rings. The zero-order chi connectivity index (χ0) is 20.1. The maximum atomic E-state index is 12.7. The van der Waals surface area contributed by atoms with Crippen LogP contribution in [0, 0.1) is 11.8 Å². The number of nitrogens with zero attached hydrogens (tertiary/aromatic N) is 2. The second kappa shape index (κ2) is 9.64. The first-order valence-electron chi connectivity index (χ1n) is 11.7. The number of benzene rings is 1. The lowest BCUT2D eigenvalue weighted by Gasteiger charge is -2.34. The van der Waals surface area contributed by atoms with Gasteiger partial charge in [-0.05, 0) is 69.2 Å². The van der Waals surface area contributed by atoms with E-state index in [0.717, 1.165) is 57.5 Å². The minimum Gasteiger partial charge on any atom is -0.372 e. The zero-order valence-electron chi connectivity index (χ0n) is 17.6. The normalized spacial score (nSPS) is 21.8. The fourth-order valence-corrected chi connectivity index (χ4v) is 5.12. The predicted molar refractivity (Wildman–Crippen MR) is 117 cm³/mol. The average Bonchev–Trinajstić information content (AvgIpc) is 2.80. The number of hydrogen-bond donors (Lipinski definition) is 1. The highest BCUT2D eigenvalue weighted by Crippen LogP contribution is 2.28. The lowest BCUT2D eigenvalue weighted by Crippen LogP contribution is -2.44. The van der Waals surface area contributed by atoms with Crippen molar-refractivity contribution >= 4 is 23.2 Å². The van der Waals surface area contributed by atoms with Crippen molar-refractivity contribution < 1.29 is 9.59 Å². The summed E-state index contributed by atoms with van der Waals surface area (Å²) in [7, 11) is 0. The molecule has 158 valence electrons. The summed E-state index contributed by atoms with van der Waals surface area (Å²) in [6.45, 7) is 3.70. The third-order valence-electron chi connectivity index (χ3n) is 6.99. The average molecular weight is 398 g/mol. The highest BCUT2D eigenvalue weighted by molar-refractivity contribution is 5.93. The van der Waals surface area contributed by atoms with Gasteiger partial charge < -0.3 is 15.1 Å². The van der Waals surface area contributed by atoms with Gasteiger partial charge in [-0.25, -0.2) is 0 Å². The molecule has 1 N–H and O–H groups in total. The van der Waals surface area contributed by atoms with Crippen LogP contribution in [-0.2, 0) is 9.59 Å². The summed E-state index contributed by atoms with van der Waals surface area (Å²) >= 11 is 0. The van der Waals surface area contributed by atoms with Gasteiger partial charge in [0.05, 0.1) is 0 Å². The number of likely N-dealkylation sites (tertiary alicyclic amines) is 1. The van der Waals surface area contributed by atoms with Gasteiger partial charge >= 0.3 is 0 Å². The van der Waals surface area contributed by atoms with Gasteiger partial charge in [0, 0.05) is 49.4 Å². The van der Waals surface area contributed by atoms with E-state index in [2.05, 4.69) is 22.3 Å². The molecule has 2 saturated heterocycles. The summed E-state index contributed by atoms with van der Waals surface area (Å²) < 4.78 is 0. The smallest absolute Gasteiger partial charge is 0.227 e. The van der Waals surface area contributed by atoms with Crippen LogP contribution in [0.4, 0.5) is 11.4 Å². The lowest BCUT2D eigenvalue weighted by molar-refractivity contribution is -0.139. The minimum atomic E-state index is 0.00665. The van der Waals surface area contributed by atoms with Gasteiger partial charge in [-0.3, -0.25) is 9.59 Å². The number of anilines is 2. The maximum Gasteiger partial charge on any atom is 0.227 e. The number of amides is 2. The van der Waals surface area contributed by atoms with E-state index in [9.17, 15) is 9.59 Å². The molecule has 0 unspecified atom stereocenters. The number of carbonyl (C=O) groups excluding carboxylic acids is 2. The zero-order valence-corrected chi connectivity index (χ0v) is 17.6. The fourth-order valence-electron chi connectivity index (χ4n) is 5.12. The molecule has 1 aromatic carbocycles. The van der Waals surface area contributed by atoms with Gasteiger partial charge in [0.2, 0.25) is 11.8 Å². The molecule has 2 amide bonds. The van der Waals surface area contributed by atoms with E-state index in [1.54, 1.807) is 0 Å². The molecule has 1 aliphatic carbocycles. The van der Waals surface area contributed by atoms with Gasteiger partial charge in [-0.2, -0.15) is 0 Å². The topological polar surface area (TPSA) is 52.7 Å². The molecule has 0 spiro atoms. The summed E-state index contributed by atoms with van der Waals surface area (Å²) in [5.74, 6) is 0.664. The third-order valence-corrected chi connectivity index (χ3v) is 6.99. The van der Waals surface area contributed by atoms with Crippen LogP contribution in [0.15, 0.2) is 24.3 Å². The summed E-state index contributed by atoms with van der Waals surface area (Å²) in [5, 5.41) is 3.09. The molecular formula is C24H35N3O2. The first-order chi connectivity index (χ1) is 14.2. The monoisotopic (exact) mass is 397 g/mol. The fraction of sp³-hybridized carbons (Fsp3) is 0.667. The molecule has 0 atom stereocenters. The molecule has 0 radical (unpaired) electrons. The molecule has 5 nitrogen and oxygen atoms in total. The van der Waals surface area contributed by atoms with E-state index in [1.807, 2.05) is 17.0 Å². The van der Waals surface area contributed by atoms with E-state index in [0.29, 0.717) is 5.91 Å². The number of nitrogens with one attached hydrogen (secondary N) is 1. The third kappa shape index (κ3) is 5.12. The molecule has 4 rings (SSSR count). The molecule has 3 aliphatic rings. The Morgan fingerprint density at radius 1 is 0.724 bits per heavy atom. The number of hydrogen-bond acceptors (Lipinski definition) is 3. The quantitative estimate of drug-likeness (QED) is 0.817. The molecule has 0 aromatic heterocycles. The number of piperidine rings is 2. The molecule has 2 aliphatic heterocycles. The summed E-state index contributed by atoms with van der Waals surface area (Å²) in [6, 6.07) is 8.27. The summed E-state index contributed by atoms with van der Waals surface area (Å²) in [6.07, 6.45) is 11.1. The maximum absolute atomic E-state index is 12.7. The van der Waals surface area contributed by atoms with Gasteiger partial charge in [0.25, 0.3) is 0 Å². The minimum absolute atomic E-state index is 0.00665. The van der Waals surface area contributed by atoms with Crippen LogP contribution >= 0.6 is 0 Å². The Hall–Kier alpha value is -2.04. The Kier molecular flexibility index (Phi) is 6.73. The van der Waals surface area contributed by atoms with Crippen LogP contribution in [0.2, 0.25) is 0 Å². The Morgan fingerprint density at radius 2 is 1.34 bits per heavy atom. The van der Waals surface area contributed by atoms with E-state index in [4.69, 9.17) is 0 Å². The molecule has 1 saturated carbocycles. The standard InChI is InChI=1S/C24H35N3O2/c28-23(25-21-9-11-22(12-10-21)26-15-5-2-6-16-26)19-13-17-27(18-14-19)24(29)20-7-3-1-4-8-20/h9-12,19-20H,1-8,13-18H2,(H,25,28). The Morgan fingerprint density at radius 3 is 2.00 bits per heavy atom. The van der Waals surface area contributed by atoms with Gasteiger partial charge in [0.1, 0.15) is 0 Å². The van der Waals surface area contributed by atoms with Crippen LogP contribution < -0.4 is 10.2 Å². The van der Waals surface area contributed by atoms with E-state index >= 15 is 0 Å². The number of rotatable bonds is 4. The van der Waals surface area contributed by atoms with Crippen molar-refractivity contribution in [2.45, 2.75) is 64.2 Å². The first kappa shape index (κ1) is 20.2. The van der Waals surface area contributed by atoms with Crippen LogP contribution in [0.25, 0.3) is 0 Å². The predicted octanol–water partition coefficient (Wildman–Crippen LogP) is 4.43. The lowest BCUT2D eigenvalue weighted by atomic mass is 9.87. The Bertz CT molecular complexity index is 683. The molecule has 5 heteroatoms. The van der Waals surface area contributed by atoms with Gasteiger partial charge in [0.15, 0.2) is 0 Å². The Labute approximate surface area is 174 Å². The van der Waals surface area contributed by atoms with Crippen molar-refractivity contribution in [1.29, 1.82) is 0 Å². The second-order valence-corrected chi connectivity index (χ2v) is 9.02. The van der Waals surface area contributed by atoms with E-state index in [-0.39, 0.29) is 17.7 Å². The SMILES string of the molecule is O=C(Nc1ccc(N2CCCCC2)cc1)C1CCN(C(=O)C2CCCCC2)CC1. The van der Waals surface area contributed by atoms with Crippen molar-refractivity contribution in [3.8, 4) is 0 Å². The molecule has 0 bridgehead atoms. The largest absolute Gasteiger partial charge is 0.372 e. The number of carbonyl (C=O) groups is 2. The van der Waals surface area contributed by atoms with Crippen molar-refractivity contribution in [3.63, 3.8) is 0 Å². The second-order valence-electron chi connectivity index (χ2n) is 9.02. The van der Waals surface area contributed by atoms with Gasteiger partial charge in [-0.1, -0.05) is 19.3 Å². The van der Waals surface area contributed by atoms with Crippen molar-refractivity contribution in [3.05, 3.63) is 24.3 Å². The van der Waals surface area contributed by atoms with Crippen LogP contribution in [0.3, 0.4) is 0 Å².